The van der Waals surface area contributed by atoms with Gasteiger partial charge in [-0.2, -0.15) is 0 Å². The average Bonchev–Trinajstić information content (AvgIpc) is 2.92. The summed E-state index contributed by atoms with van der Waals surface area (Å²) in [6.45, 7) is 2.25. The molecule has 1 unspecified atom stereocenters. The highest BCUT2D eigenvalue weighted by molar-refractivity contribution is 7.71. The third-order valence-electron chi connectivity index (χ3n) is 4.73. The summed E-state index contributed by atoms with van der Waals surface area (Å²) in [5.74, 6) is 1.21. The molecule has 2 aromatic heterocycles. The maximum absolute atomic E-state index is 13.3. The van der Waals surface area contributed by atoms with Gasteiger partial charge in [0, 0.05) is 9.90 Å². The summed E-state index contributed by atoms with van der Waals surface area (Å²) in [5.41, 5.74) is 1.63. The van der Waals surface area contributed by atoms with E-state index in [-0.39, 0.29) is 5.56 Å². The van der Waals surface area contributed by atoms with E-state index in [2.05, 4.69) is 11.9 Å². The van der Waals surface area contributed by atoms with Crippen LogP contribution in [0.25, 0.3) is 15.9 Å². The van der Waals surface area contributed by atoms with Gasteiger partial charge in [0.1, 0.15) is 10.6 Å². The predicted molar refractivity (Wildman–Crippen MR) is 105 cm³/mol. The molecule has 1 N–H and O–H groups in total. The van der Waals surface area contributed by atoms with E-state index in [0.29, 0.717) is 27.1 Å². The second-order valence-electron chi connectivity index (χ2n) is 6.44. The lowest BCUT2D eigenvalue weighted by atomic mass is 9.89. The molecule has 0 bridgehead atoms. The summed E-state index contributed by atoms with van der Waals surface area (Å²) in [4.78, 5) is 18.7. The van der Waals surface area contributed by atoms with E-state index in [1.165, 1.54) is 15.0 Å². The fourth-order valence-corrected chi connectivity index (χ4v) is 5.39. The Balaban J connectivity index is 2.05. The maximum atomic E-state index is 13.3. The Morgan fingerprint density at radius 3 is 3.00 bits per heavy atom. The Morgan fingerprint density at radius 1 is 1.44 bits per heavy atom. The number of nitrogens with zero attached hydrogens (tertiary/aromatic N) is 1. The lowest BCUT2D eigenvalue weighted by Crippen LogP contribution is -2.22. The molecule has 0 saturated heterocycles. The molecule has 1 aromatic carbocycles. The molecule has 4 rings (SSSR count). The lowest BCUT2D eigenvalue weighted by molar-refractivity contribution is 0.412. The van der Waals surface area contributed by atoms with Gasteiger partial charge in [0.2, 0.25) is 0 Å². The number of aromatic nitrogens is 2. The van der Waals surface area contributed by atoms with Crippen LogP contribution in [-0.2, 0) is 12.8 Å². The average molecular weight is 393 g/mol. The molecule has 1 aliphatic carbocycles. The summed E-state index contributed by atoms with van der Waals surface area (Å²) < 4.78 is 7.25. The highest BCUT2D eigenvalue weighted by Gasteiger charge is 2.24. The van der Waals surface area contributed by atoms with Crippen molar-refractivity contribution in [2.45, 2.75) is 26.2 Å². The Kier molecular flexibility index (Phi) is 4.22. The smallest absolute Gasteiger partial charge is 0.268 e. The number of thiophene rings is 1. The number of halogens is 1. The van der Waals surface area contributed by atoms with Crippen LogP contribution in [0.5, 0.6) is 5.75 Å². The zero-order valence-electron chi connectivity index (χ0n) is 13.9. The van der Waals surface area contributed by atoms with Crippen LogP contribution >= 0.6 is 35.2 Å². The molecule has 4 nitrogen and oxygen atoms in total. The SMILES string of the molecule is COc1ccc(Cl)cc1-n1c(=S)[nH]c2sc3c(c2c1=O)CCC(C)C3. The number of nitrogens with one attached hydrogen (secondary N) is 1. The van der Waals surface area contributed by atoms with E-state index in [1.54, 1.807) is 36.6 Å². The topological polar surface area (TPSA) is 47.0 Å². The van der Waals surface area contributed by atoms with Crippen LogP contribution in [0, 0.1) is 10.7 Å². The van der Waals surface area contributed by atoms with Crippen molar-refractivity contribution in [3.8, 4) is 11.4 Å². The number of rotatable bonds is 2. The number of hydrogen-bond donors (Lipinski definition) is 1. The van der Waals surface area contributed by atoms with Gasteiger partial charge in [0.15, 0.2) is 4.77 Å². The molecule has 2 heterocycles. The molecule has 0 spiro atoms. The van der Waals surface area contributed by atoms with Gasteiger partial charge < -0.3 is 9.72 Å². The van der Waals surface area contributed by atoms with Gasteiger partial charge >= 0.3 is 0 Å². The Hall–Kier alpha value is -1.63. The first-order chi connectivity index (χ1) is 12.0. The number of ether oxygens (including phenoxy) is 1. The van der Waals surface area contributed by atoms with Crippen molar-refractivity contribution in [2.75, 3.05) is 7.11 Å². The minimum Gasteiger partial charge on any atom is -0.495 e. The molecular weight excluding hydrogens is 376 g/mol. The Bertz CT molecular complexity index is 1100. The number of methoxy groups -OCH3 is 1. The number of fused-ring (bicyclic) bond motifs is 3. The largest absolute Gasteiger partial charge is 0.495 e. The summed E-state index contributed by atoms with van der Waals surface area (Å²) in [6.07, 6.45) is 3.06. The second-order valence-corrected chi connectivity index (χ2v) is 8.37. The van der Waals surface area contributed by atoms with Gasteiger partial charge in [0.05, 0.1) is 18.2 Å². The molecule has 0 fully saturated rings. The van der Waals surface area contributed by atoms with Gasteiger partial charge in [-0.3, -0.25) is 4.79 Å². The van der Waals surface area contributed by atoms with Crippen molar-refractivity contribution < 1.29 is 4.74 Å². The van der Waals surface area contributed by atoms with Crippen LogP contribution < -0.4 is 10.3 Å². The van der Waals surface area contributed by atoms with Crippen LogP contribution in [0.4, 0.5) is 0 Å². The zero-order valence-corrected chi connectivity index (χ0v) is 16.3. The molecule has 7 heteroatoms. The van der Waals surface area contributed by atoms with Crippen molar-refractivity contribution in [1.82, 2.24) is 9.55 Å². The first kappa shape index (κ1) is 16.8. The summed E-state index contributed by atoms with van der Waals surface area (Å²) in [7, 11) is 1.57. The Labute approximate surface area is 159 Å². The monoisotopic (exact) mass is 392 g/mol. The fraction of sp³-hybridized carbons (Fsp3) is 0.333. The minimum absolute atomic E-state index is 0.105. The lowest BCUT2D eigenvalue weighted by Gasteiger charge is -2.17. The molecule has 1 atom stereocenters. The third-order valence-corrected chi connectivity index (χ3v) is 6.42. The molecule has 130 valence electrons. The molecule has 0 saturated carbocycles. The number of hydrogen-bond acceptors (Lipinski definition) is 4. The van der Waals surface area contributed by atoms with Gasteiger partial charge in [0.25, 0.3) is 5.56 Å². The van der Waals surface area contributed by atoms with E-state index >= 15 is 0 Å². The predicted octanol–water partition coefficient (Wildman–Crippen LogP) is 4.90. The van der Waals surface area contributed by atoms with Gasteiger partial charge in [-0.1, -0.05) is 18.5 Å². The molecule has 0 aliphatic heterocycles. The maximum Gasteiger partial charge on any atom is 0.268 e. The third kappa shape index (κ3) is 2.72. The van der Waals surface area contributed by atoms with Crippen molar-refractivity contribution in [1.29, 1.82) is 0 Å². The minimum atomic E-state index is -0.105. The highest BCUT2D eigenvalue weighted by Crippen LogP contribution is 2.36. The first-order valence-corrected chi connectivity index (χ1v) is 9.73. The zero-order chi connectivity index (χ0) is 17.7. The van der Waals surface area contributed by atoms with E-state index < -0.39 is 0 Å². The molecule has 0 radical (unpaired) electrons. The van der Waals surface area contributed by atoms with Crippen LogP contribution in [0.2, 0.25) is 5.02 Å². The van der Waals surface area contributed by atoms with E-state index in [0.717, 1.165) is 29.5 Å². The summed E-state index contributed by atoms with van der Waals surface area (Å²) in [5, 5.41) is 1.28. The van der Waals surface area contributed by atoms with Gasteiger partial charge in [-0.25, -0.2) is 4.57 Å². The number of aryl methyl sites for hydroxylation is 1. The van der Waals surface area contributed by atoms with Crippen molar-refractivity contribution >= 4 is 45.4 Å². The van der Waals surface area contributed by atoms with Crippen molar-refractivity contribution in [2.24, 2.45) is 5.92 Å². The molecule has 1 aliphatic rings. The fourth-order valence-electron chi connectivity index (χ4n) is 3.48. The normalized spacial score (nSPS) is 16.8. The van der Waals surface area contributed by atoms with E-state index in [9.17, 15) is 4.79 Å². The van der Waals surface area contributed by atoms with Gasteiger partial charge in [-0.15, -0.1) is 11.3 Å². The van der Waals surface area contributed by atoms with Crippen LogP contribution in [0.15, 0.2) is 23.0 Å². The highest BCUT2D eigenvalue weighted by atomic mass is 35.5. The quantitative estimate of drug-likeness (QED) is 0.631. The van der Waals surface area contributed by atoms with E-state index in [4.69, 9.17) is 28.6 Å². The number of H-pyrrole nitrogens is 1. The van der Waals surface area contributed by atoms with Gasteiger partial charge in [-0.05, 0) is 61.2 Å². The first-order valence-electron chi connectivity index (χ1n) is 8.13. The number of aromatic amines is 1. The molecule has 25 heavy (non-hydrogen) atoms. The van der Waals surface area contributed by atoms with Crippen LogP contribution in [0.1, 0.15) is 23.8 Å². The number of benzene rings is 1. The summed E-state index contributed by atoms with van der Waals surface area (Å²) in [6, 6.07) is 5.18. The second kappa shape index (κ2) is 6.27. The molecular formula is C18H17ClN2O2S2. The molecule has 0 amide bonds. The Morgan fingerprint density at radius 2 is 2.24 bits per heavy atom. The van der Waals surface area contributed by atoms with Crippen molar-refractivity contribution in [3.05, 3.63) is 48.8 Å². The van der Waals surface area contributed by atoms with E-state index in [1.807, 2.05) is 0 Å². The molecule has 3 aromatic rings. The van der Waals surface area contributed by atoms with Crippen LogP contribution in [-0.4, -0.2) is 16.7 Å². The standard InChI is InChI=1S/C18H17ClN2O2S2/c1-9-3-5-11-14(7-9)25-16-15(11)17(22)21(18(24)20-16)12-8-10(19)4-6-13(12)23-2/h4,6,8-9H,3,5,7H2,1-2H3,(H,20,24). The summed E-state index contributed by atoms with van der Waals surface area (Å²) >= 11 is 13.3. The van der Waals surface area contributed by atoms with Crippen LogP contribution in [0.3, 0.4) is 0 Å². The van der Waals surface area contributed by atoms with Crippen molar-refractivity contribution in [3.63, 3.8) is 0 Å².